The van der Waals surface area contributed by atoms with E-state index in [4.69, 9.17) is 0 Å². The van der Waals surface area contributed by atoms with Crippen LogP contribution in [-0.2, 0) is 0 Å². The Kier molecular flexibility index (Phi) is 3.20. The smallest absolute Gasteiger partial charge is 0.254 e. The van der Waals surface area contributed by atoms with Gasteiger partial charge in [0.25, 0.3) is 17.7 Å². The molecule has 0 bridgehead atoms. The number of carbonyl (C=O) groups excluding carboxylic acids is 3. The van der Waals surface area contributed by atoms with Crippen molar-refractivity contribution in [2.75, 3.05) is 19.6 Å². The molecule has 4 rings (SSSR count). The summed E-state index contributed by atoms with van der Waals surface area (Å²) in [5.74, 6) is -0.323. The molecular formula is C18H21N3O3. The van der Waals surface area contributed by atoms with Crippen molar-refractivity contribution in [1.82, 2.24) is 14.7 Å². The van der Waals surface area contributed by atoms with Gasteiger partial charge in [0, 0.05) is 54.5 Å². The zero-order valence-electron chi connectivity index (χ0n) is 14.2. The summed E-state index contributed by atoms with van der Waals surface area (Å²) in [6, 6.07) is 5.58. The van der Waals surface area contributed by atoms with Gasteiger partial charge < -0.3 is 14.7 Å². The van der Waals surface area contributed by atoms with Gasteiger partial charge in [-0.25, -0.2) is 0 Å². The molecular weight excluding hydrogens is 306 g/mol. The maximum atomic E-state index is 12.5. The van der Waals surface area contributed by atoms with E-state index in [9.17, 15) is 14.4 Å². The van der Waals surface area contributed by atoms with Crippen LogP contribution in [-0.4, -0.2) is 70.2 Å². The number of nitrogens with zero attached hydrogens (tertiary/aromatic N) is 3. The lowest BCUT2D eigenvalue weighted by Crippen LogP contribution is -2.20. The van der Waals surface area contributed by atoms with Gasteiger partial charge in [-0.2, -0.15) is 0 Å². The molecule has 3 aliphatic rings. The summed E-state index contributed by atoms with van der Waals surface area (Å²) in [5, 5.41) is 0. The molecule has 0 aromatic heterocycles. The van der Waals surface area contributed by atoms with E-state index in [0.29, 0.717) is 16.7 Å². The number of carbonyl (C=O) groups is 3. The second-order valence-electron chi connectivity index (χ2n) is 7.22. The third-order valence-electron chi connectivity index (χ3n) is 5.03. The molecule has 24 heavy (non-hydrogen) atoms. The van der Waals surface area contributed by atoms with E-state index in [1.54, 1.807) is 32.9 Å². The molecule has 0 radical (unpaired) electrons. The first-order valence-corrected chi connectivity index (χ1v) is 8.45. The van der Waals surface area contributed by atoms with E-state index in [1.807, 2.05) is 20.8 Å². The molecule has 126 valence electrons. The Morgan fingerprint density at radius 3 is 1.04 bits per heavy atom. The summed E-state index contributed by atoms with van der Waals surface area (Å²) in [5.41, 5.74) is 1.28. The normalized spacial score (nSPS) is 27.1. The number of rotatable bonds is 3. The van der Waals surface area contributed by atoms with Crippen LogP contribution in [0.25, 0.3) is 0 Å². The molecule has 3 amide bonds. The molecule has 0 spiro atoms. The summed E-state index contributed by atoms with van der Waals surface area (Å²) in [4.78, 5) is 42.8. The SMILES string of the molecule is C[C@@H]1CN1C(=O)c1cc(C(=O)N2C[C@@H]2C)cc(C(=O)N2C[C@@H]2C)c1. The van der Waals surface area contributed by atoms with Crippen LogP contribution in [0.4, 0.5) is 0 Å². The molecule has 3 heterocycles. The molecule has 0 aliphatic carbocycles. The Morgan fingerprint density at radius 2 is 0.875 bits per heavy atom. The van der Waals surface area contributed by atoms with Crippen molar-refractivity contribution < 1.29 is 14.4 Å². The number of benzene rings is 1. The molecule has 6 nitrogen and oxygen atoms in total. The topological polar surface area (TPSA) is 60.2 Å². The molecule has 0 N–H and O–H groups in total. The molecule has 3 atom stereocenters. The predicted octanol–water partition coefficient (Wildman–Crippen LogP) is 1.22. The summed E-state index contributed by atoms with van der Waals surface area (Å²) >= 11 is 0. The minimum Gasteiger partial charge on any atom is -0.332 e. The van der Waals surface area contributed by atoms with Gasteiger partial charge in [-0.15, -0.1) is 0 Å². The zero-order chi connectivity index (χ0) is 17.2. The van der Waals surface area contributed by atoms with Crippen molar-refractivity contribution >= 4 is 17.7 Å². The first kappa shape index (κ1) is 15.2. The highest BCUT2D eigenvalue weighted by molar-refractivity contribution is 6.06. The molecule has 0 saturated carbocycles. The van der Waals surface area contributed by atoms with Crippen molar-refractivity contribution in [3.05, 3.63) is 34.9 Å². The van der Waals surface area contributed by atoms with Crippen LogP contribution in [0, 0.1) is 0 Å². The van der Waals surface area contributed by atoms with Crippen LogP contribution in [0.3, 0.4) is 0 Å². The van der Waals surface area contributed by atoms with Gasteiger partial charge >= 0.3 is 0 Å². The first-order valence-electron chi connectivity index (χ1n) is 8.45. The van der Waals surface area contributed by atoms with Crippen LogP contribution >= 0.6 is 0 Å². The van der Waals surface area contributed by atoms with Gasteiger partial charge in [0.05, 0.1) is 0 Å². The van der Waals surface area contributed by atoms with E-state index < -0.39 is 0 Å². The van der Waals surface area contributed by atoms with E-state index >= 15 is 0 Å². The highest BCUT2D eigenvalue weighted by Crippen LogP contribution is 2.27. The second-order valence-corrected chi connectivity index (χ2v) is 7.22. The Hall–Kier alpha value is -2.37. The van der Waals surface area contributed by atoms with Crippen LogP contribution in [0.5, 0.6) is 0 Å². The summed E-state index contributed by atoms with van der Waals surface area (Å²) < 4.78 is 0. The van der Waals surface area contributed by atoms with Gasteiger partial charge in [0.15, 0.2) is 0 Å². The van der Waals surface area contributed by atoms with Crippen molar-refractivity contribution in [2.24, 2.45) is 0 Å². The second kappa shape index (κ2) is 5.06. The largest absolute Gasteiger partial charge is 0.332 e. The van der Waals surface area contributed by atoms with E-state index in [1.165, 1.54) is 0 Å². The lowest BCUT2D eigenvalue weighted by atomic mass is 10.0. The van der Waals surface area contributed by atoms with Crippen LogP contribution in [0.2, 0.25) is 0 Å². The molecule has 6 heteroatoms. The van der Waals surface area contributed by atoms with E-state index in [-0.39, 0.29) is 35.8 Å². The maximum absolute atomic E-state index is 12.5. The number of hydrogen-bond acceptors (Lipinski definition) is 3. The van der Waals surface area contributed by atoms with Crippen molar-refractivity contribution in [3.63, 3.8) is 0 Å². The van der Waals surface area contributed by atoms with Gasteiger partial charge in [0.2, 0.25) is 0 Å². The highest BCUT2D eigenvalue weighted by Gasteiger charge is 2.39. The summed E-state index contributed by atoms with van der Waals surface area (Å²) in [6.07, 6.45) is 0. The quantitative estimate of drug-likeness (QED) is 0.784. The minimum atomic E-state index is -0.108. The molecule has 3 saturated heterocycles. The van der Waals surface area contributed by atoms with Crippen molar-refractivity contribution in [1.29, 1.82) is 0 Å². The van der Waals surface area contributed by atoms with Crippen LogP contribution < -0.4 is 0 Å². The fourth-order valence-corrected chi connectivity index (χ4v) is 3.06. The maximum Gasteiger partial charge on any atom is 0.254 e. The van der Waals surface area contributed by atoms with Crippen LogP contribution in [0.15, 0.2) is 18.2 Å². The first-order chi connectivity index (χ1) is 11.4. The molecule has 3 fully saturated rings. The molecule has 1 aromatic carbocycles. The number of amides is 3. The standard InChI is InChI=1S/C18H21N3O3/c1-10-7-19(10)16(22)13-4-14(17(23)20-8-11(20)2)6-15(5-13)18(24)21-9-12(21)3/h4-6,10-12H,7-9H2,1-3H3/t10-,11-,12+,19?,20?,21?/m0/s1. The fraction of sp³-hybridized carbons (Fsp3) is 0.500. The van der Waals surface area contributed by atoms with E-state index in [0.717, 1.165) is 19.6 Å². The predicted molar refractivity (Wildman–Crippen MR) is 87.9 cm³/mol. The Balaban J connectivity index is 1.68. The highest BCUT2D eigenvalue weighted by atomic mass is 16.2. The van der Waals surface area contributed by atoms with Gasteiger partial charge in [-0.1, -0.05) is 0 Å². The lowest BCUT2D eigenvalue weighted by molar-refractivity contribution is 0.0876. The van der Waals surface area contributed by atoms with Gasteiger partial charge in [-0.3, -0.25) is 14.4 Å². The minimum absolute atomic E-state index is 0.108. The number of hydrogen-bond donors (Lipinski definition) is 0. The molecule has 1 aromatic rings. The summed E-state index contributed by atoms with van der Waals surface area (Å²) in [7, 11) is 0. The Labute approximate surface area is 141 Å². The third-order valence-corrected chi connectivity index (χ3v) is 5.03. The average Bonchev–Trinajstić information content (AvgIpc) is 3.47. The Bertz CT molecular complexity index is 648. The zero-order valence-corrected chi connectivity index (χ0v) is 14.2. The molecule has 0 unspecified atom stereocenters. The van der Waals surface area contributed by atoms with Gasteiger partial charge in [-0.05, 0) is 39.0 Å². The van der Waals surface area contributed by atoms with Crippen molar-refractivity contribution in [2.45, 2.75) is 38.9 Å². The monoisotopic (exact) mass is 327 g/mol. The van der Waals surface area contributed by atoms with Gasteiger partial charge in [0.1, 0.15) is 0 Å². The lowest BCUT2D eigenvalue weighted by Gasteiger charge is -2.11. The van der Waals surface area contributed by atoms with Crippen LogP contribution in [0.1, 0.15) is 51.8 Å². The van der Waals surface area contributed by atoms with E-state index in [2.05, 4.69) is 0 Å². The Morgan fingerprint density at radius 1 is 0.667 bits per heavy atom. The molecule has 3 aliphatic heterocycles. The average molecular weight is 327 g/mol. The summed E-state index contributed by atoms with van der Waals surface area (Å²) in [6.45, 7) is 8.13. The van der Waals surface area contributed by atoms with Crippen molar-refractivity contribution in [3.8, 4) is 0 Å². The fourth-order valence-electron chi connectivity index (χ4n) is 3.06. The third kappa shape index (κ3) is 2.56.